The van der Waals surface area contributed by atoms with E-state index >= 15 is 0 Å². The summed E-state index contributed by atoms with van der Waals surface area (Å²) in [5.41, 5.74) is 14.7. The number of morpholine rings is 1. The number of pyridine rings is 1. The summed E-state index contributed by atoms with van der Waals surface area (Å²) < 4.78 is 12.8. The van der Waals surface area contributed by atoms with Gasteiger partial charge in [-0.3, -0.25) is 4.79 Å². The first kappa shape index (κ1) is 22.1. The van der Waals surface area contributed by atoms with Gasteiger partial charge in [-0.05, 0) is 13.0 Å². The minimum absolute atomic E-state index is 0.00304. The molecule has 1 aliphatic rings. The molecule has 0 unspecified atom stereocenters. The maximum absolute atomic E-state index is 11.6. The van der Waals surface area contributed by atoms with Gasteiger partial charge in [0.25, 0.3) is 0 Å². The molecule has 0 saturated carbocycles. The summed E-state index contributed by atoms with van der Waals surface area (Å²) in [4.78, 5) is 26.7. The smallest absolute Gasteiger partial charge is 0.308 e. The Morgan fingerprint density at radius 2 is 2.03 bits per heavy atom. The van der Waals surface area contributed by atoms with Crippen molar-refractivity contribution in [3.63, 3.8) is 0 Å². The number of nitrogens with one attached hydrogen (secondary N) is 1. The lowest BCUT2D eigenvalue weighted by Gasteiger charge is -2.31. The first-order valence-corrected chi connectivity index (χ1v) is 10.4. The molecule has 172 valence electrons. The van der Waals surface area contributed by atoms with Gasteiger partial charge in [0.1, 0.15) is 23.0 Å². The molecule has 1 atom stereocenters. The van der Waals surface area contributed by atoms with E-state index in [9.17, 15) is 10.1 Å². The summed E-state index contributed by atoms with van der Waals surface area (Å²) in [5.74, 6) is 0.114. The fourth-order valence-corrected chi connectivity index (χ4v) is 3.85. The predicted molar refractivity (Wildman–Crippen MR) is 123 cm³/mol. The van der Waals surface area contributed by atoms with Crippen LogP contribution in [0.4, 0.5) is 23.3 Å². The number of hydrogen-bond donors (Lipinski definition) is 3. The fraction of sp³-hybridized carbons (Fsp3) is 0.381. The average Bonchev–Trinajstić information content (AvgIpc) is 3.07. The number of anilines is 4. The number of carbonyl (C=O) groups is 1. The van der Waals surface area contributed by atoms with Crippen LogP contribution in [0.15, 0.2) is 12.3 Å². The van der Waals surface area contributed by atoms with Gasteiger partial charge in [-0.25, -0.2) is 4.98 Å². The van der Waals surface area contributed by atoms with Crippen LogP contribution >= 0.6 is 0 Å². The van der Waals surface area contributed by atoms with Crippen LogP contribution in [0.3, 0.4) is 0 Å². The molecule has 33 heavy (non-hydrogen) atoms. The van der Waals surface area contributed by atoms with E-state index in [0.717, 1.165) is 11.2 Å². The Morgan fingerprint density at radius 1 is 1.30 bits per heavy atom. The third-order valence-corrected chi connectivity index (χ3v) is 5.37. The second kappa shape index (κ2) is 8.79. The van der Waals surface area contributed by atoms with Gasteiger partial charge in [0.05, 0.1) is 36.2 Å². The summed E-state index contributed by atoms with van der Waals surface area (Å²) in [6.45, 7) is 5.84. The predicted octanol–water partition coefficient (Wildman–Crippen LogP) is 1.33. The van der Waals surface area contributed by atoms with Crippen molar-refractivity contribution < 1.29 is 14.3 Å². The summed E-state index contributed by atoms with van der Waals surface area (Å²) in [5, 5.41) is 12.7. The normalized spacial score (nSPS) is 14.7. The number of carbonyl (C=O) groups excluding carboxylic acids is 1. The molecule has 1 saturated heterocycles. The number of aromatic nitrogens is 4. The van der Waals surface area contributed by atoms with E-state index in [1.165, 1.54) is 6.92 Å². The number of nitrogens with zero attached hydrogens (tertiary/aromatic N) is 6. The number of fused-ring (bicyclic) bond motifs is 1. The van der Waals surface area contributed by atoms with Gasteiger partial charge in [0.2, 0.25) is 5.95 Å². The van der Waals surface area contributed by atoms with Crippen LogP contribution in [0.5, 0.6) is 5.75 Å². The Morgan fingerprint density at radius 3 is 2.70 bits per heavy atom. The lowest BCUT2D eigenvalue weighted by atomic mass is 10.1. The molecule has 12 nitrogen and oxygen atoms in total. The Kier molecular flexibility index (Phi) is 5.89. The maximum atomic E-state index is 11.6. The van der Waals surface area contributed by atoms with Crippen LogP contribution in [0.2, 0.25) is 0 Å². The van der Waals surface area contributed by atoms with Crippen molar-refractivity contribution in [1.29, 1.82) is 5.26 Å². The number of esters is 1. The van der Waals surface area contributed by atoms with Crippen molar-refractivity contribution in [2.24, 2.45) is 7.05 Å². The molecule has 1 aliphatic heterocycles. The molecular formula is C21H25N9O3. The molecule has 0 bridgehead atoms. The molecule has 0 spiro atoms. The van der Waals surface area contributed by atoms with E-state index in [1.54, 1.807) is 6.20 Å². The number of ether oxygens (including phenoxy) is 2. The van der Waals surface area contributed by atoms with Crippen molar-refractivity contribution in [3.8, 4) is 11.8 Å². The summed E-state index contributed by atoms with van der Waals surface area (Å²) in [6.07, 6.45) is 1.73. The quantitative estimate of drug-likeness (QED) is 0.478. The molecule has 12 heteroatoms. The van der Waals surface area contributed by atoms with E-state index in [2.05, 4.69) is 20.2 Å². The van der Waals surface area contributed by atoms with Gasteiger partial charge in [-0.2, -0.15) is 15.2 Å². The zero-order valence-electron chi connectivity index (χ0n) is 18.6. The molecule has 0 amide bonds. The van der Waals surface area contributed by atoms with Crippen LogP contribution in [0.25, 0.3) is 11.0 Å². The van der Waals surface area contributed by atoms with Crippen LogP contribution in [-0.4, -0.2) is 51.8 Å². The second-order valence-electron chi connectivity index (χ2n) is 7.73. The van der Waals surface area contributed by atoms with Crippen molar-refractivity contribution in [2.45, 2.75) is 19.9 Å². The number of nitrogens with two attached hydrogens (primary N) is 2. The molecule has 4 rings (SSSR count). The third-order valence-electron chi connectivity index (χ3n) is 5.37. The van der Waals surface area contributed by atoms with E-state index < -0.39 is 12.0 Å². The highest BCUT2D eigenvalue weighted by Gasteiger charge is 2.25. The highest BCUT2D eigenvalue weighted by molar-refractivity contribution is 5.88. The molecule has 3 aromatic heterocycles. The number of hydrogen-bond acceptors (Lipinski definition) is 11. The standard InChI is InChI=1S/C21H25N9O3/c1-11(25-20-13(9-22)19(23)27-21(24)28-20)17-15(30-4-6-32-7-5-30)8-14-18(26-17)16(10-29(14)3)33-12(2)31/h8,10-11H,4-7H2,1-3H3,(H5,23,24,25,27,28)/t11-/m0/s1. The van der Waals surface area contributed by atoms with E-state index in [-0.39, 0.29) is 23.1 Å². The molecule has 5 N–H and O–H groups in total. The molecule has 0 radical (unpaired) electrons. The molecule has 0 aromatic carbocycles. The maximum Gasteiger partial charge on any atom is 0.308 e. The van der Waals surface area contributed by atoms with Gasteiger partial charge >= 0.3 is 5.97 Å². The van der Waals surface area contributed by atoms with Gasteiger partial charge < -0.3 is 35.7 Å². The van der Waals surface area contributed by atoms with Crippen molar-refractivity contribution in [2.75, 3.05) is 48.0 Å². The Balaban J connectivity index is 1.83. The highest BCUT2D eigenvalue weighted by atomic mass is 16.5. The van der Waals surface area contributed by atoms with Crippen LogP contribution in [0, 0.1) is 11.3 Å². The van der Waals surface area contributed by atoms with Crippen molar-refractivity contribution in [1.82, 2.24) is 19.5 Å². The zero-order chi connectivity index (χ0) is 23.7. The molecule has 0 aliphatic carbocycles. The topological polar surface area (TPSA) is 170 Å². The summed E-state index contributed by atoms with van der Waals surface area (Å²) in [6, 6.07) is 3.63. The Hall–Kier alpha value is -4.11. The fourth-order valence-electron chi connectivity index (χ4n) is 3.85. The minimum atomic E-state index is -0.431. The number of rotatable bonds is 5. The Bertz CT molecular complexity index is 1260. The number of nitrogen functional groups attached to an aromatic ring is 2. The van der Waals surface area contributed by atoms with E-state index in [4.69, 9.17) is 25.9 Å². The van der Waals surface area contributed by atoms with Gasteiger partial charge in [-0.15, -0.1) is 0 Å². The first-order chi connectivity index (χ1) is 15.8. The lowest BCUT2D eigenvalue weighted by molar-refractivity contribution is -0.131. The monoisotopic (exact) mass is 451 g/mol. The van der Waals surface area contributed by atoms with Crippen LogP contribution < -0.4 is 26.4 Å². The van der Waals surface area contributed by atoms with Crippen molar-refractivity contribution in [3.05, 3.63) is 23.5 Å². The Labute approximate surface area is 190 Å². The molecular weight excluding hydrogens is 426 g/mol. The zero-order valence-corrected chi connectivity index (χ0v) is 18.6. The highest BCUT2D eigenvalue weighted by Crippen LogP contribution is 2.35. The summed E-state index contributed by atoms with van der Waals surface area (Å²) in [7, 11) is 1.87. The van der Waals surface area contributed by atoms with E-state index in [0.29, 0.717) is 43.3 Å². The van der Waals surface area contributed by atoms with Crippen LogP contribution in [0.1, 0.15) is 31.1 Å². The third kappa shape index (κ3) is 4.31. The van der Waals surface area contributed by atoms with Crippen LogP contribution in [-0.2, 0) is 16.6 Å². The number of nitriles is 1. The number of aryl methyl sites for hydroxylation is 1. The molecule has 4 heterocycles. The first-order valence-electron chi connectivity index (χ1n) is 10.4. The van der Waals surface area contributed by atoms with Gasteiger partial charge in [0.15, 0.2) is 11.6 Å². The summed E-state index contributed by atoms with van der Waals surface area (Å²) >= 11 is 0. The molecule has 1 fully saturated rings. The average molecular weight is 451 g/mol. The van der Waals surface area contributed by atoms with E-state index in [1.807, 2.05) is 30.7 Å². The minimum Gasteiger partial charge on any atom is -0.423 e. The van der Waals surface area contributed by atoms with Gasteiger partial charge in [0, 0.05) is 33.3 Å². The van der Waals surface area contributed by atoms with Gasteiger partial charge in [-0.1, -0.05) is 0 Å². The second-order valence-corrected chi connectivity index (χ2v) is 7.73. The lowest BCUT2D eigenvalue weighted by Crippen LogP contribution is -2.37. The molecule has 3 aromatic rings. The SMILES string of the molecule is CC(=O)Oc1cn(C)c2cc(N3CCOCC3)c([C@H](C)Nc3nc(N)nc(N)c3C#N)nc12. The largest absolute Gasteiger partial charge is 0.423 e. The van der Waals surface area contributed by atoms with Crippen molar-refractivity contribution >= 4 is 40.3 Å².